The average Bonchev–Trinajstić information content (AvgIpc) is 3.38. The summed E-state index contributed by atoms with van der Waals surface area (Å²) in [5, 5.41) is 2.35. The molecule has 1 unspecified atom stereocenters. The van der Waals surface area contributed by atoms with Crippen molar-refractivity contribution in [2.45, 2.75) is 51.1 Å². The monoisotopic (exact) mass is 455 g/mol. The van der Waals surface area contributed by atoms with Gasteiger partial charge in [0.2, 0.25) is 11.8 Å². The summed E-state index contributed by atoms with van der Waals surface area (Å²) in [5.41, 5.74) is 4.07. The van der Waals surface area contributed by atoms with Crippen molar-refractivity contribution in [3.05, 3.63) is 65.5 Å². The van der Waals surface area contributed by atoms with Crippen molar-refractivity contribution in [2.24, 2.45) is 5.92 Å². The van der Waals surface area contributed by atoms with Gasteiger partial charge >= 0.3 is 0 Å². The van der Waals surface area contributed by atoms with Crippen LogP contribution < -0.4 is 5.32 Å². The Bertz CT molecular complexity index is 1290. The third-order valence-electron chi connectivity index (χ3n) is 7.19. The fourth-order valence-corrected chi connectivity index (χ4v) is 5.10. The molecule has 1 atom stereocenters. The average molecular weight is 456 g/mol. The summed E-state index contributed by atoms with van der Waals surface area (Å²) in [4.78, 5) is 43.4. The Morgan fingerprint density at radius 2 is 1.82 bits per heavy atom. The number of oxazole rings is 1. The normalized spacial score (nSPS) is 20.3. The van der Waals surface area contributed by atoms with Crippen LogP contribution >= 0.6 is 0 Å². The standard InChI is InChI=1S/C27H25N3O4/c31-22-12-11-21(26(32)28-22)30-15-19-14-18(9-10-20(19)27(30)33)24-25(17-7-2-1-3-8-17)34-23(29-24)13-16-5-4-6-16/h1-3,7-10,14,16,21H,4-6,11-13,15H2,(H,28,31,32). The smallest absolute Gasteiger partial charge is 0.255 e. The van der Waals surface area contributed by atoms with E-state index in [4.69, 9.17) is 9.40 Å². The lowest BCUT2D eigenvalue weighted by Crippen LogP contribution is -2.52. The second-order valence-electron chi connectivity index (χ2n) is 9.42. The minimum absolute atomic E-state index is 0.176. The first-order valence-corrected chi connectivity index (χ1v) is 11.9. The Labute approximate surface area is 197 Å². The van der Waals surface area contributed by atoms with Gasteiger partial charge in [-0.25, -0.2) is 4.98 Å². The van der Waals surface area contributed by atoms with Gasteiger partial charge in [0.15, 0.2) is 11.7 Å². The van der Waals surface area contributed by atoms with Crippen molar-refractivity contribution < 1.29 is 18.8 Å². The molecule has 0 radical (unpaired) electrons. The molecule has 2 fully saturated rings. The van der Waals surface area contributed by atoms with Crippen LogP contribution in [0.4, 0.5) is 0 Å². The van der Waals surface area contributed by atoms with Gasteiger partial charge in [-0.2, -0.15) is 0 Å². The Morgan fingerprint density at radius 1 is 1.00 bits per heavy atom. The first kappa shape index (κ1) is 20.8. The first-order chi connectivity index (χ1) is 16.6. The molecule has 172 valence electrons. The molecule has 3 amide bonds. The highest BCUT2D eigenvalue weighted by atomic mass is 16.4. The van der Waals surface area contributed by atoms with E-state index in [0.717, 1.165) is 40.5 Å². The van der Waals surface area contributed by atoms with Crippen molar-refractivity contribution >= 4 is 17.7 Å². The minimum Gasteiger partial charge on any atom is -0.440 e. The van der Waals surface area contributed by atoms with Crippen LogP contribution in [0.1, 0.15) is 53.9 Å². The summed E-state index contributed by atoms with van der Waals surface area (Å²) in [6, 6.07) is 15.0. The highest BCUT2D eigenvalue weighted by Crippen LogP contribution is 2.38. The van der Waals surface area contributed by atoms with E-state index in [1.54, 1.807) is 4.90 Å². The Morgan fingerprint density at radius 3 is 2.56 bits per heavy atom. The van der Waals surface area contributed by atoms with Gasteiger partial charge in [-0.1, -0.05) is 42.8 Å². The van der Waals surface area contributed by atoms with E-state index in [0.29, 0.717) is 24.4 Å². The summed E-state index contributed by atoms with van der Waals surface area (Å²) in [5.74, 6) is 1.26. The van der Waals surface area contributed by atoms with Gasteiger partial charge in [0.05, 0.1) is 0 Å². The Balaban J connectivity index is 1.34. The van der Waals surface area contributed by atoms with E-state index < -0.39 is 11.9 Å². The molecule has 2 aromatic carbocycles. The number of fused-ring (bicyclic) bond motifs is 1. The predicted molar refractivity (Wildman–Crippen MR) is 124 cm³/mol. The van der Waals surface area contributed by atoms with Crippen molar-refractivity contribution in [1.82, 2.24) is 15.2 Å². The van der Waals surface area contributed by atoms with Crippen LogP contribution in [0.3, 0.4) is 0 Å². The Hall–Kier alpha value is -3.74. The molecule has 3 heterocycles. The van der Waals surface area contributed by atoms with E-state index in [9.17, 15) is 14.4 Å². The third-order valence-corrected chi connectivity index (χ3v) is 7.19. The van der Waals surface area contributed by atoms with Gasteiger partial charge in [-0.05, 0) is 42.9 Å². The molecule has 6 rings (SSSR count). The van der Waals surface area contributed by atoms with Crippen molar-refractivity contribution in [3.8, 4) is 22.6 Å². The first-order valence-electron chi connectivity index (χ1n) is 11.9. The Kier molecular flexibility index (Phi) is 5.05. The van der Waals surface area contributed by atoms with E-state index in [2.05, 4.69) is 5.32 Å². The van der Waals surface area contributed by atoms with Crippen LogP contribution in [0.25, 0.3) is 22.6 Å². The van der Waals surface area contributed by atoms with E-state index in [1.165, 1.54) is 19.3 Å². The molecular formula is C27H25N3O4. The molecule has 1 saturated heterocycles. The predicted octanol–water partition coefficient (Wildman–Crippen LogP) is 4.11. The van der Waals surface area contributed by atoms with Crippen molar-refractivity contribution in [2.75, 3.05) is 0 Å². The van der Waals surface area contributed by atoms with Crippen LogP contribution in [0.5, 0.6) is 0 Å². The molecule has 0 spiro atoms. The fourth-order valence-electron chi connectivity index (χ4n) is 5.10. The number of piperidine rings is 1. The summed E-state index contributed by atoms with van der Waals surface area (Å²) in [7, 11) is 0. The maximum atomic E-state index is 13.1. The SMILES string of the molecule is O=C1CCC(N2Cc3cc(-c4nc(CC5CCC5)oc4-c4ccccc4)ccc3C2=O)C(=O)N1. The van der Waals surface area contributed by atoms with Crippen molar-refractivity contribution in [3.63, 3.8) is 0 Å². The quantitative estimate of drug-likeness (QED) is 0.585. The summed E-state index contributed by atoms with van der Waals surface area (Å²) < 4.78 is 6.27. The van der Waals surface area contributed by atoms with Crippen LogP contribution in [-0.4, -0.2) is 33.6 Å². The number of hydrogen-bond donors (Lipinski definition) is 1. The second-order valence-corrected chi connectivity index (χ2v) is 9.42. The molecule has 34 heavy (non-hydrogen) atoms. The van der Waals surface area contributed by atoms with Gasteiger partial charge in [0.1, 0.15) is 11.7 Å². The number of rotatable bonds is 5. The van der Waals surface area contributed by atoms with E-state index in [-0.39, 0.29) is 18.2 Å². The summed E-state index contributed by atoms with van der Waals surface area (Å²) in [6.07, 6.45) is 5.14. The van der Waals surface area contributed by atoms with Gasteiger partial charge in [-0.3, -0.25) is 19.7 Å². The number of nitrogens with zero attached hydrogens (tertiary/aromatic N) is 2. The lowest BCUT2D eigenvalue weighted by Gasteiger charge is -2.29. The molecule has 0 bridgehead atoms. The zero-order chi connectivity index (χ0) is 23.2. The second kappa shape index (κ2) is 8.24. The number of imide groups is 1. The number of amides is 3. The fraction of sp³-hybridized carbons (Fsp3) is 0.333. The number of aromatic nitrogens is 1. The molecule has 1 aliphatic carbocycles. The van der Waals surface area contributed by atoms with Gasteiger partial charge in [0.25, 0.3) is 5.91 Å². The minimum atomic E-state index is -0.623. The number of hydrogen-bond acceptors (Lipinski definition) is 5. The maximum Gasteiger partial charge on any atom is 0.255 e. The molecular weight excluding hydrogens is 430 g/mol. The molecule has 7 nitrogen and oxygen atoms in total. The molecule has 7 heteroatoms. The number of benzene rings is 2. The highest BCUT2D eigenvalue weighted by Gasteiger charge is 2.39. The topological polar surface area (TPSA) is 92.5 Å². The number of nitrogens with one attached hydrogen (secondary N) is 1. The summed E-state index contributed by atoms with van der Waals surface area (Å²) in [6.45, 7) is 0.335. The van der Waals surface area contributed by atoms with E-state index >= 15 is 0 Å². The zero-order valence-corrected chi connectivity index (χ0v) is 18.8. The molecule has 3 aromatic rings. The van der Waals surface area contributed by atoms with E-state index in [1.807, 2.05) is 48.5 Å². The largest absolute Gasteiger partial charge is 0.440 e. The molecule has 1 aromatic heterocycles. The molecule has 3 aliphatic rings. The van der Waals surface area contributed by atoms with Gasteiger partial charge < -0.3 is 9.32 Å². The molecule has 1 N–H and O–H groups in total. The lowest BCUT2D eigenvalue weighted by atomic mass is 9.83. The van der Waals surface area contributed by atoms with Crippen LogP contribution in [0.15, 0.2) is 52.9 Å². The molecule has 2 aliphatic heterocycles. The summed E-state index contributed by atoms with van der Waals surface area (Å²) >= 11 is 0. The van der Waals surface area contributed by atoms with Gasteiger partial charge in [-0.15, -0.1) is 0 Å². The lowest BCUT2D eigenvalue weighted by molar-refractivity contribution is -0.136. The molecule has 1 saturated carbocycles. The number of carbonyl (C=O) groups excluding carboxylic acids is 3. The maximum absolute atomic E-state index is 13.1. The van der Waals surface area contributed by atoms with Crippen LogP contribution in [0.2, 0.25) is 0 Å². The van der Waals surface area contributed by atoms with Gasteiger partial charge in [0, 0.05) is 36.1 Å². The van der Waals surface area contributed by atoms with Crippen LogP contribution in [0, 0.1) is 5.92 Å². The highest BCUT2D eigenvalue weighted by molar-refractivity contribution is 6.05. The van der Waals surface area contributed by atoms with Crippen molar-refractivity contribution in [1.29, 1.82) is 0 Å². The van der Waals surface area contributed by atoms with Crippen LogP contribution in [-0.2, 0) is 22.6 Å². The zero-order valence-electron chi connectivity index (χ0n) is 18.8. The number of carbonyl (C=O) groups is 3. The third kappa shape index (κ3) is 3.61.